The number of amides is 1. The molecule has 3 N–H and O–H groups in total. The van der Waals surface area contributed by atoms with Crippen molar-refractivity contribution in [2.24, 2.45) is 0 Å². The molecule has 11 nitrogen and oxygen atoms in total. The average molecular weight is 631 g/mol. The monoisotopic (exact) mass is 630 g/mol. The Morgan fingerprint density at radius 3 is 2.50 bits per heavy atom. The number of pyridine rings is 1. The molecule has 0 unspecified atom stereocenters. The number of fused-ring (bicyclic) bond motifs is 1. The van der Waals surface area contributed by atoms with E-state index >= 15 is 0 Å². The number of aryl methyl sites for hydroxylation is 1. The van der Waals surface area contributed by atoms with Crippen LogP contribution in [0.2, 0.25) is 0 Å². The lowest BCUT2D eigenvalue weighted by Gasteiger charge is -2.23. The molecule has 0 saturated carbocycles. The van der Waals surface area contributed by atoms with E-state index in [0.29, 0.717) is 53.8 Å². The molecule has 14 heteroatoms. The minimum Gasteiger partial charge on any atom is -0.373 e. The van der Waals surface area contributed by atoms with Crippen molar-refractivity contribution in [1.82, 2.24) is 29.8 Å². The lowest BCUT2D eigenvalue weighted by Crippen LogP contribution is -2.28. The Labute approximate surface area is 263 Å². The summed E-state index contributed by atoms with van der Waals surface area (Å²) in [6.07, 6.45) is 0.0695. The van der Waals surface area contributed by atoms with Crippen LogP contribution in [0.25, 0.3) is 11.0 Å². The number of likely N-dealkylation sites (N-methyl/N-ethyl adjacent to an activating group) is 2. The van der Waals surface area contributed by atoms with Gasteiger partial charge in [0.25, 0.3) is 5.91 Å². The molecule has 46 heavy (non-hydrogen) atoms. The summed E-state index contributed by atoms with van der Waals surface area (Å²) in [5.41, 5.74) is 2.88. The smallest absolute Gasteiger partial charge is 0.373 e. The summed E-state index contributed by atoms with van der Waals surface area (Å²) in [7, 11) is 5.48. The fourth-order valence-corrected chi connectivity index (χ4v) is 4.48. The van der Waals surface area contributed by atoms with E-state index in [2.05, 4.69) is 40.9 Å². The number of hydrogen-bond acceptors (Lipinski definition) is 10. The highest BCUT2D eigenvalue weighted by Crippen LogP contribution is 2.35. The van der Waals surface area contributed by atoms with Crippen molar-refractivity contribution in [3.63, 3.8) is 0 Å². The Hall–Kier alpha value is -5.37. The molecule has 0 radical (unpaired) electrons. The second-order valence-electron chi connectivity index (χ2n) is 10.9. The van der Waals surface area contributed by atoms with Crippen LogP contribution < -0.4 is 20.9 Å². The number of carbonyl (C=O) groups is 1. The SMILES string of the molecule is Cc1ccc(C(=O)Nc2cc(N(C)CCN(C)C)cc(C(F)(F)F)c2)cc1Nc1ncnc2cnc(NCc3ccccn3)nc12. The zero-order valence-electron chi connectivity index (χ0n) is 25.7. The largest absolute Gasteiger partial charge is 0.416 e. The number of hydrogen-bond donors (Lipinski definition) is 3. The highest BCUT2D eigenvalue weighted by Gasteiger charge is 2.32. The molecule has 0 aliphatic heterocycles. The zero-order valence-corrected chi connectivity index (χ0v) is 25.7. The van der Waals surface area contributed by atoms with Crippen LogP contribution in [-0.4, -0.2) is 70.0 Å². The van der Waals surface area contributed by atoms with E-state index in [-0.39, 0.29) is 11.3 Å². The molecule has 238 valence electrons. The molecule has 0 atom stereocenters. The molecule has 3 heterocycles. The van der Waals surface area contributed by atoms with Gasteiger partial charge in [0.15, 0.2) is 5.82 Å². The van der Waals surface area contributed by atoms with Gasteiger partial charge in [0.1, 0.15) is 17.4 Å². The number of halogens is 3. The van der Waals surface area contributed by atoms with Gasteiger partial charge in [-0.25, -0.2) is 19.9 Å². The van der Waals surface area contributed by atoms with E-state index in [9.17, 15) is 18.0 Å². The third kappa shape index (κ3) is 8.01. The van der Waals surface area contributed by atoms with Crippen LogP contribution in [0.3, 0.4) is 0 Å². The van der Waals surface area contributed by atoms with E-state index in [1.807, 2.05) is 44.1 Å². The van der Waals surface area contributed by atoms with E-state index in [4.69, 9.17) is 0 Å². The first-order valence-corrected chi connectivity index (χ1v) is 14.3. The van der Waals surface area contributed by atoms with Crippen LogP contribution in [0, 0.1) is 6.92 Å². The summed E-state index contributed by atoms with van der Waals surface area (Å²) >= 11 is 0. The quantitative estimate of drug-likeness (QED) is 0.166. The van der Waals surface area contributed by atoms with Gasteiger partial charge >= 0.3 is 6.18 Å². The van der Waals surface area contributed by atoms with Crippen LogP contribution in [0.15, 0.2) is 73.3 Å². The molecule has 5 rings (SSSR count). The summed E-state index contributed by atoms with van der Waals surface area (Å²) < 4.78 is 41.3. The molecule has 5 aromatic rings. The standard InChI is InChI=1S/C32H33F3N10O/c1-20-8-9-21(30(46)41-24-14-22(32(33,34)35)15-25(16-24)45(4)12-11-44(2)3)13-26(20)42-29-28-27(39-19-40-29)18-38-31(43-28)37-17-23-7-5-6-10-36-23/h5-10,13-16,18-19H,11-12,17H2,1-4H3,(H,41,46)(H,37,38,43)(H,39,40,42). The number of anilines is 5. The minimum atomic E-state index is -4.59. The highest BCUT2D eigenvalue weighted by atomic mass is 19.4. The first-order chi connectivity index (χ1) is 22.0. The Morgan fingerprint density at radius 2 is 1.76 bits per heavy atom. The summed E-state index contributed by atoms with van der Waals surface area (Å²) in [6, 6.07) is 14.1. The second-order valence-corrected chi connectivity index (χ2v) is 10.9. The predicted molar refractivity (Wildman–Crippen MR) is 172 cm³/mol. The molecule has 0 saturated heterocycles. The summed E-state index contributed by atoms with van der Waals surface area (Å²) in [6.45, 7) is 3.41. The number of carbonyl (C=O) groups excluding carboxylic acids is 1. The van der Waals surface area contributed by atoms with E-state index in [1.54, 1.807) is 42.5 Å². The van der Waals surface area contributed by atoms with E-state index < -0.39 is 17.6 Å². The van der Waals surface area contributed by atoms with Gasteiger partial charge in [-0.1, -0.05) is 12.1 Å². The molecule has 0 bridgehead atoms. The fourth-order valence-electron chi connectivity index (χ4n) is 4.48. The molecule has 2 aromatic carbocycles. The third-order valence-corrected chi connectivity index (χ3v) is 7.11. The number of benzene rings is 2. The van der Waals surface area contributed by atoms with Crippen LogP contribution in [0.5, 0.6) is 0 Å². The van der Waals surface area contributed by atoms with E-state index in [1.165, 1.54) is 12.4 Å². The lowest BCUT2D eigenvalue weighted by atomic mass is 10.1. The second kappa shape index (κ2) is 13.7. The van der Waals surface area contributed by atoms with Crippen LogP contribution in [-0.2, 0) is 12.7 Å². The molecule has 0 fully saturated rings. The summed E-state index contributed by atoms with van der Waals surface area (Å²) in [5, 5.41) is 9.02. The molecular weight excluding hydrogens is 597 g/mol. The molecular formula is C32H33F3N10O. The van der Waals surface area contributed by atoms with E-state index in [0.717, 1.165) is 23.4 Å². The van der Waals surface area contributed by atoms with Crippen molar-refractivity contribution in [2.75, 3.05) is 55.1 Å². The summed E-state index contributed by atoms with van der Waals surface area (Å²) in [5.74, 6) is 0.172. The number of nitrogens with one attached hydrogen (secondary N) is 3. The topological polar surface area (TPSA) is 124 Å². The summed E-state index contributed by atoms with van der Waals surface area (Å²) in [4.78, 5) is 38.8. The van der Waals surface area contributed by atoms with Gasteiger partial charge in [-0.15, -0.1) is 0 Å². The lowest BCUT2D eigenvalue weighted by molar-refractivity contribution is -0.137. The van der Waals surface area contributed by atoms with Crippen molar-refractivity contribution in [3.8, 4) is 0 Å². The Kier molecular flexibility index (Phi) is 9.56. The van der Waals surface area contributed by atoms with Gasteiger partial charge in [-0.05, 0) is 69.0 Å². The fraction of sp³-hybridized carbons (Fsp3) is 0.250. The molecule has 0 spiro atoms. The first kappa shape index (κ1) is 32.0. The van der Waals surface area contributed by atoms with Gasteiger partial charge in [0, 0.05) is 49.0 Å². The van der Waals surface area contributed by atoms with Crippen molar-refractivity contribution in [3.05, 3.63) is 95.7 Å². The molecule has 0 aliphatic rings. The maximum atomic E-state index is 13.8. The first-order valence-electron chi connectivity index (χ1n) is 14.3. The number of nitrogens with zero attached hydrogens (tertiary/aromatic N) is 7. The van der Waals surface area contributed by atoms with Crippen molar-refractivity contribution in [2.45, 2.75) is 19.6 Å². The third-order valence-electron chi connectivity index (χ3n) is 7.11. The number of aromatic nitrogens is 5. The molecule has 0 aliphatic carbocycles. The maximum absolute atomic E-state index is 13.8. The van der Waals surface area contributed by atoms with Gasteiger partial charge in [-0.2, -0.15) is 13.2 Å². The van der Waals surface area contributed by atoms with Crippen molar-refractivity contribution in [1.29, 1.82) is 0 Å². The Bertz CT molecular complexity index is 1830. The predicted octanol–water partition coefficient (Wildman–Crippen LogP) is 5.75. The van der Waals surface area contributed by atoms with Crippen LogP contribution in [0.1, 0.15) is 27.2 Å². The van der Waals surface area contributed by atoms with Crippen molar-refractivity contribution < 1.29 is 18.0 Å². The molecule has 3 aromatic heterocycles. The Balaban J connectivity index is 1.37. The average Bonchev–Trinajstić information content (AvgIpc) is 3.03. The highest BCUT2D eigenvalue weighted by molar-refractivity contribution is 6.05. The van der Waals surface area contributed by atoms with Gasteiger partial charge in [-0.3, -0.25) is 9.78 Å². The maximum Gasteiger partial charge on any atom is 0.416 e. The molecule has 1 amide bonds. The number of rotatable bonds is 11. The van der Waals surface area contributed by atoms with Gasteiger partial charge < -0.3 is 25.8 Å². The van der Waals surface area contributed by atoms with Gasteiger partial charge in [0.05, 0.1) is 24.0 Å². The number of alkyl halides is 3. The van der Waals surface area contributed by atoms with Gasteiger partial charge in [0.2, 0.25) is 5.95 Å². The normalized spacial score (nSPS) is 11.5. The minimum absolute atomic E-state index is 0.0332. The van der Waals surface area contributed by atoms with Crippen LogP contribution in [0.4, 0.5) is 42.0 Å². The zero-order chi connectivity index (χ0) is 32.8. The van der Waals surface area contributed by atoms with Crippen molar-refractivity contribution >= 4 is 45.8 Å². The Morgan fingerprint density at radius 1 is 0.935 bits per heavy atom. The van der Waals surface area contributed by atoms with Crippen LogP contribution >= 0.6 is 0 Å².